The Morgan fingerprint density at radius 1 is 1.03 bits per heavy atom. The van der Waals surface area contributed by atoms with Crippen LogP contribution in [0.1, 0.15) is 11.1 Å². The maximum atomic E-state index is 12.3. The molecule has 3 amide bonds. The highest BCUT2D eigenvalue weighted by Gasteiger charge is 2.20. The number of benzene rings is 2. The van der Waals surface area contributed by atoms with Crippen molar-refractivity contribution in [2.75, 3.05) is 50.1 Å². The first-order chi connectivity index (χ1) is 14.0. The zero-order valence-electron chi connectivity index (χ0n) is 17.2. The average Bonchev–Trinajstić information content (AvgIpc) is 2.72. The minimum Gasteiger partial charge on any atom is -0.497 e. The maximum absolute atomic E-state index is 12.3. The van der Waals surface area contributed by atoms with Crippen LogP contribution in [0.5, 0.6) is 5.75 Å². The molecule has 1 saturated heterocycles. The second-order valence-electron chi connectivity index (χ2n) is 7.21. The third kappa shape index (κ3) is 5.48. The predicted molar refractivity (Wildman–Crippen MR) is 115 cm³/mol. The molecule has 3 rings (SSSR count). The highest BCUT2D eigenvalue weighted by Crippen LogP contribution is 2.22. The van der Waals surface area contributed by atoms with Gasteiger partial charge in [0.15, 0.2) is 0 Å². The first-order valence-corrected chi connectivity index (χ1v) is 9.74. The fraction of sp³-hybridized carbons (Fsp3) is 0.364. The summed E-state index contributed by atoms with van der Waals surface area (Å²) in [4.78, 5) is 28.7. The Hall–Kier alpha value is -3.06. The van der Waals surface area contributed by atoms with Crippen molar-refractivity contribution < 1.29 is 14.3 Å². The maximum Gasteiger partial charge on any atom is 0.325 e. The van der Waals surface area contributed by atoms with Crippen molar-refractivity contribution in [2.24, 2.45) is 0 Å². The monoisotopic (exact) mass is 396 g/mol. The molecule has 0 aromatic heterocycles. The van der Waals surface area contributed by atoms with Gasteiger partial charge in [0.2, 0.25) is 5.91 Å². The molecule has 2 aromatic carbocycles. The van der Waals surface area contributed by atoms with Crippen LogP contribution in [0.3, 0.4) is 0 Å². The second-order valence-corrected chi connectivity index (χ2v) is 7.21. The lowest BCUT2D eigenvalue weighted by molar-refractivity contribution is -0.121. The van der Waals surface area contributed by atoms with E-state index in [1.165, 1.54) is 0 Å². The number of hydrogen-bond donors (Lipinski definition) is 2. The van der Waals surface area contributed by atoms with E-state index < -0.39 is 6.03 Å². The Morgan fingerprint density at radius 2 is 1.76 bits per heavy atom. The summed E-state index contributed by atoms with van der Waals surface area (Å²) in [6, 6.07) is 13.2. The van der Waals surface area contributed by atoms with Crippen LogP contribution in [-0.4, -0.2) is 56.7 Å². The van der Waals surface area contributed by atoms with Crippen molar-refractivity contribution in [1.29, 1.82) is 0 Å². The van der Waals surface area contributed by atoms with Crippen molar-refractivity contribution in [3.63, 3.8) is 0 Å². The summed E-state index contributed by atoms with van der Waals surface area (Å²) in [6.07, 6.45) is 0. The molecule has 7 nitrogen and oxygen atoms in total. The number of nitrogens with zero attached hydrogens (tertiary/aromatic N) is 2. The van der Waals surface area contributed by atoms with Crippen LogP contribution in [0.15, 0.2) is 42.5 Å². The summed E-state index contributed by atoms with van der Waals surface area (Å²) >= 11 is 0. The molecule has 0 saturated carbocycles. The predicted octanol–water partition coefficient (Wildman–Crippen LogP) is 2.78. The standard InChI is InChI=1S/C22H28N4O3/c1-16-6-4-9-20(17(16)2)23-22(28)24-21(27)15-25-10-12-26(13-11-25)18-7-5-8-19(14-18)29-3/h4-9,14H,10-13,15H2,1-3H3,(H2,23,24,27,28). The third-order valence-electron chi connectivity index (χ3n) is 5.26. The Bertz CT molecular complexity index is 876. The van der Waals surface area contributed by atoms with Gasteiger partial charge in [0, 0.05) is 43.6 Å². The number of piperazine rings is 1. The van der Waals surface area contributed by atoms with Gasteiger partial charge in [-0.2, -0.15) is 0 Å². The van der Waals surface area contributed by atoms with Gasteiger partial charge in [-0.15, -0.1) is 0 Å². The van der Waals surface area contributed by atoms with Crippen LogP contribution in [0.25, 0.3) is 0 Å². The lowest BCUT2D eigenvalue weighted by atomic mass is 10.1. The van der Waals surface area contributed by atoms with Gasteiger partial charge in [-0.05, 0) is 43.2 Å². The van der Waals surface area contributed by atoms with Crippen LogP contribution in [-0.2, 0) is 4.79 Å². The van der Waals surface area contributed by atoms with Gasteiger partial charge in [-0.1, -0.05) is 18.2 Å². The van der Waals surface area contributed by atoms with E-state index in [-0.39, 0.29) is 12.5 Å². The molecule has 0 radical (unpaired) electrons. The first-order valence-electron chi connectivity index (χ1n) is 9.74. The van der Waals surface area contributed by atoms with E-state index >= 15 is 0 Å². The number of imide groups is 1. The van der Waals surface area contributed by atoms with Crippen molar-refractivity contribution in [3.05, 3.63) is 53.6 Å². The Morgan fingerprint density at radius 3 is 2.48 bits per heavy atom. The third-order valence-corrected chi connectivity index (χ3v) is 5.26. The average molecular weight is 396 g/mol. The number of carbonyl (C=O) groups excluding carboxylic acids is 2. The van der Waals surface area contributed by atoms with E-state index in [0.717, 1.165) is 48.7 Å². The van der Waals surface area contributed by atoms with Crippen molar-refractivity contribution in [3.8, 4) is 5.75 Å². The van der Waals surface area contributed by atoms with E-state index in [2.05, 4.69) is 26.5 Å². The lowest BCUT2D eigenvalue weighted by Gasteiger charge is -2.35. The molecule has 0 spiro atoms. The summed E-state index contributed by atoms with van der Waals surface area (Å²) < 4.78 is 5.28. The number of aryl methyl sites for hydroxylation is 1. The topological polar surface area (TPSA) is 73.9 Å². The molecule has 1 heterocycles. The second kappa shape index (κ2) is 9.43. The van der Waals surface area contributed by atoms with E-state index in [1.807, 2.05) is 50.2 Å². The van der Waals surface area contributed by atoms with Gasteiger partial charge in [0.05, 0.1) is 13.7 Å². The number of anilines is 2. The molecule has 2 aromatic rings. The zero-order valence-corrected chi connectivity index (χ0v) is 17.2. The summed E-state index contributed by atoms with van der Waals surface area (Å²) in [7, 11) is 1.66. The molecule has 29 heavy (non-hydrogen) atoms. The van der Waals surface area contributed by atoms with Gasteiger partial charge < -0.3 is 15.0 Å². The number of methoxy groups -OCH3 is 1. The van der Waals surface area contributed by atoms with Gasteiger partial charge in [-0.3, -0.25) is 15.0 Å². The molecule has 7 heteroatoms. The van der Waals surface area contributed by atoms with Gasteiger partial charge >= 0.3 is 6.03 Å². The minimum absolute atomic E-state index is 0.201. The molecule has 154 valence electrons. The van der Waals surface area contributed by atoms with Crippen LogP contribution in [0, 0.1) is 13.8 Å². The highest BCUT2D eigenvalue weighted by atomic mass is 16.5. The molecule has 0 unspecified atom stereocenters. The molecule has 1 aliphatic heterocycles. The number of nitrogens with one attached hydrogen (secondary N) is 2. The number of carbonyl (C=O) groups is 2. The molecule has 0 bridgehead atoms. The summed E-state index contributed by atoms with van der Waals surface area (Å²) in [5.41, 5.74) is 3.90. The summed E-state index contributed by atoms with van der Waals surface area (Å²) in [5, 5.41) is 5.17. The SMILES string of the molecule is COc1cccc(N2CCN(CC(=O)NC(=O)Nc3cccc(C)c3C)CC2)c1. The number of rotatable bonds is 5. The largest absolute Gasteiger partial charge is 0.497 e. The Balaban J connectivity index is 1.45. The number of urea groups is 1. The molecule has 2 N–H and O–H groups in total. The van der Waals surface area contributed by atoms with E-state index in [9.17, 15) is 9.59 Å². The normalized spacial score (nSPS) is 14.4. The summed E-state index contributed by atoms with van der Waals surface area (Å²) in [5.74, 6) is 0.529. The Kier molecular flexibility index (Phi) is 6.72. The molecule has 1 aliphatic rings. The fourth-order valence-corrected chi connectivity index (χ4v) is 3.38. The smallest absolute Gasteiger partial charge is 0.325 e. The minimum atomic E-state index is -0.501. The quantitative estimate of drug-likeness (QED) is 0.813. The number of amides is 3. The highest BCUT2D eigenvalue weighted by molar-refractivity contribution is 6.02. The van der Waals surface area contributed by atoms with Crippen molar-refractivity contribution >= 4 is 23.3 Å². The molecular formula is C22H28N4O3. The fourth-order valence-electron chi connectivity index (χ4n) is 3.38. The lowest BCUT2D eigenvalue weighted by Crippen LogP contribution is -2.50. The summed E-state index contributed by atoms with van der Waals surface area (Å²) in [6.45, 7) is 7.26. The van der Waals surface area contributed by atoms with Crippen LogP contribution < -0.4 is 20.3 Å². The van der Waals surface area contributed by atoms with E-state index in [0.29, 0.717) is 5.69 Å². The van der Waals surface area contributed by atoms with E-state index in [4.69, 9.17) is 4.74 Å². The van der Waals surface area contributed by atoms with Crippen LogP contribution in [0.4, 0.5) is 16.2 Å². The zero-order chi connectivity index (χ0) is 20.8. The molecule has 1 fully saturated rings. The van der Waals surface area contributed by atoms with Crippen molar-refractivity contribution in [1.82, 2.24) is 10.2 Å². The van der Waals surface area contributed by atoms with Crippen LogP contribution in [0.2, 0.25) is 0 Å². The first kappa shape index (κ1) is 20.7. The number of hydrogen-bond acceptors (Lipinski definition) is 5. The van der Waals surface area contributed by atoms with Crippen LogP contribution >= 0.6 is 0 Å². The Labute approximate surface area is 171 Å². The van der Waals surface area contributed by atoms with Gasteiger partial charge in [0.1, 0.15) is 5.75 Å². The van der Waals surface area contributed by atoms with Gasteiger partial charge in [-0.25, -0.2) is 4.79 Å². The molecule has 0 aliphatic carbocycles. The van der Waals surface area contributed by atoms with E-state index in [1.54, 1.807) is 7.11 Å². The van der Waals surface area contributed by atoms with Gasteiger partial charge in [0.25, 0.3) is 0 Å². The molecular weight excluding hydrogens is 368 g/mol. The number of ether oxygens (including phenoxy) is 1. The molecule has 0 atom stereocenters. The van der Waals surface area contributed by atoms with Crippen molar-refractivity contribution in [2.45, 2.75) is 13.8 Å².